The Hall–Kier alpha value is -6.44. The van der Waals surface area contributed by atoms with E-state index in [1.807, 2.05) is 0 Å². The van der Waals surface area contributed by atoms with Crippen LogP contribution >= 0.6 is 0 Å². The van der Waals surface area contributed by atoms with Crippen molar-refractivity contribution in [3.63, 3.8) is 0 Å². The van der Waals surface area contributed by atoms with E-state index in [0.29, 0.717) is 0 Å². The molecule has 1 heteroatoms. The highest BCUT2D eigenvalue weighted by Gasteiger charge is 2.16. The van der Waals surface area contributed by atoms with Crippen LogP contribution in [0.2, 0.25) is 0 Å². The summed E-state index contributed by atoms with van der Waals surface area (Å²) in [7, 11) is 0. The fourth-order valence-corrected chi connectivity index (χ4v) is 6.61. The molecule has 0 aliphatic carbocycles. The molecule has 0 aromatic heterocycles. The number of rotatable bonds is 8. The van der Waals surface area contributed by atoms with Gasteiger partial charge in [-0.2, -0.15) is 0 Å². The minimum Gasteiger partial charge on any atom is -0.310 e. The lowest BCUT2D eigenvalue weighted by Crippen LogP contribution is -2.10. The molecule has 0 amide bonds. The molecule has 0 radical (unpaired) electrons. The van der Waals surface area contributed by atoms with Gasteiger partial charge in [0.1, 0.15) is 0 Å². The zero-order valence-corrected chi connectivity index (χ0v) is 27.2. The highest BCUT2D eigenvalue weighted by atomic mass is 15.1. The van der Waals surface area contributed by atoms with Gasteiger partial charge in [0, 0.05) is 17.1 Å². The van der Waals surface area contributed by atoms with Crippen LogP contribution in [0.25, 0.3) is 55.6 Å². The van der Waals surface area contributed by atoms with Gasteiger partial charge in [-0.05, 0) is 98.1 Å². The maximum atomic E-state index is 2.35. The molecule has 0 heterocycles. The molecule has 8 rings (SSSR count). The summed E-state index contributed by atoms with van der Waals surface area (Å²) >= 11 is 0. The number of nitrogens with zero attached hydrogens (tertiary/aromatic N) is 1. The van der Waals surface area contributed by atoms with Crippen molar-refractivity contribution >= 4 is 17.1 Å². The van der Waals surface area contributed by atoms with Crippen LogP contribution in [0, 0.1) is 0 Å². The minimum atomic E-state index is 1.10. The Bertz CT molecular complexity index is 2210. The number of hydrogen-bond donors (Lipinski definition) is 0. The lowest BCUT2D eigenvalue weighted by atomic mass is 9.92. The molecule has 0 N–H and O–H groups in total. The zero-order valence-electron chi connectivity index (χ0n) is 27.2. The molecule has 0 fully saturated rings. The van der Waals surface area contributed by atoms with E-state index in [1.165, 1.54) is 55.6 Å². The van der Waals surface area contributed by atoms with E-state index in [9.17, 15) is 0 Å². The van der Waals surface area contributed by atoms with Crippen molar-refractivity contribution in [1.82, 2.24) is 0 Å². The molecular weight excluding hydrogens is 591 g/mol. The first kappa shape index (κ1) is 29.9. The van der Waals surface area contributed by atoms with Crippen molar-refractivity contribution in [2.24, 2.45) is 0 Å². The topological polar surface area (TPSA) is 3.24 Å². The van der Waals surface area contributed by atoms with Gasteiger partial charge in [-0.15, -0.1) is 0 Å². The molecular formula is C48H35N. The number of hydrogen-bond acceptors (Lipinski definition) is 1. The third kappa shape index (κ3) is 6.43. The van der Waals surface area contributed by atoms with Crippen LogP contribution in [0.15, 0.2) is 212 Å². The van der Waals surface area contributed by atoms with Crippen molar-refractivity contribution in [3.05, 3.63) is 212 Å². The summed E-state index contributed by atoms with van der Waals surface area (Å²) < 4.78 is 0. The first-order valence-corrected chi connectivity index (χ1v) is 16.8. The molecule has 1 nitrogen and oxygen atoms in total. The summed E-state index contributed by atoms with van der Waals surface area (Å²) in [5.41, 5.74) is 15.3. The van der Waals surface area contributed by atoms with Crippen molar-refractivity contribution in [2.45, 2.75) is 0 Å². The van der Waals surface area contributed by atoms with Crippen LogP contribution in [-0.2, 0) is 0 Å². The summed E-state index contributed by atoms with van der Waals surface area (Å²) in [5, 5.41) is 0. The molecule has 0 bridgehead atoms. The van der Waals surface area contributed by atoms with Crippen molar-refractivity contribution < 1.29 is 0 Å². The molecule has 0 unspecified atom stereocenters. The van der Waals surface area contributed by atoms with Crippen LogP contribution in [-0.4, -0.2) is 0 Å². The normalized spacial score (nSPS) is 10.9. The second-order valence-electron chi connectivity index (χ2n) is 12.2. The Kier molecular flexibility index (Phi) is 8.39. The molecule has 0 saturated heterocycles. The van der Waals surface area contributed by atoms with Crippen LogP contribution in [0.3, 0.4) is 0 Å². The van der Waals surface area contributed by atoms with Crippen LogP contribution < -0.4 is 4.90 Å². The van der Waals surface area contributed by atoms with Gasteiger partial charge in [0.15, 0.2) is 0 Å². The molecule has 8 aromatic rings. The average Bonchev–Trinajstić information content (AvgIpc) is 3.20. The Morgan fingerprint density at radius 3 is 1.04 bits per heavy atom. The van der Waals surface area contributed by atoms with E-state index in [2.05, 4.69) is 217 Å². The van der Waals surface area contributed by atoms with Crippen molar-refractivity contribution in [2.75, 3.05) is 4.90 Å². The summed E-state index contributed by atoms with van der Waals surface area (Å²) in [6.45, 7) is 0. The largest absolute Gasteiger partial charge is 0.310 e. The zero-order chi connectivity index (χ0) is 32.8. The van der Waals surface area contributed by atoms with E-state index < -0.39 is 0 Å². The van der Waals surface area contributed by atoms with E-state index in [0.717, 1.165) is 17.1 Å². The molecule has 49 heavy (non-hydrogen) atoms. The smallest absolute Gasteiger partial charge is 0.0467 e. The summed E-state index contributed by atoms with van der Waals surface area (Å²) in [6, 6.07) is 76.0. The Morgan fingerprint density at radius 1 is 0.204 bits per heavy atom. The SMILES string of the molecule is c1ccc(-c2ccc(N(c3ccc(-c4ccccc4)cc3)c3cccc(-c4ccccc4-c4cccc(-c5ccccc5)c4)c3)cc2)cc1. The summed E-state index contributed by atoms with van der Waals surface area (Å²) in [4.78, 5) is 2.35. The fraction of sp³-hybridized carbons (Fsp3) is 0. The summed E-state index contributed by atoms with van der Waals surface area (Å²) in [6.07, 6.45) is 0. The maximum absolute atomic E-state index is 2.35. The predicted molar refractivity (Wildman–Crippen MR) is 208 cm³/mol. The quantitative estimate of drug-likeness (QED) is 0.162. The van der Waals surface area contributed by atoms with Gasteiger partial charge in [0.2, 0.25) is 0 Å². The van der Waals surface area contributed by atoms with Gasteiger partial charge in [-0.3, -0.25) is 0 Å². The minimum absolute atomic E-state index is 1.10. The lowest BCUT2D eigenvalue weighted by Gasteiger charge is -2.26. The van der Waals surface area contributed by atoms with Crippen molar-refractivity contribution in [3.8, 4) is 55.6 Å². The highest BCUT2D eigenvalue weighted by molar-refractivity contribution is 5.88. The first-order valence-electron chi connectivity index (χ1n) is 16.8. The van der Waals surface area contributed by atoms with E-state index in [-0.39, 0.29) is 0 Å². The van der Waals surface area contributed by atoms with Crippen LogP contribution in [0.5, 0.6) is 0 Å². The van der Waals surface area contributed by atoms with Gasteiger partial charge in [0.05, 0.1) is 0 Å². The van der Waals surface area contributed by atoms with Gasteiger partial charge in [-0.25, -0.2) is 0 Å². The van der Waals surface area contributed by atoms with E-state index in [1.54, 1.807) is 0 Å². The predicted octanol–water partition coefficient (Wildman–Crippen LogP) is 13.5. The van der Waals surface area contributed by atoms with Crippen LogP contribution in [0.4, 0.5) is 17.1 Å². The maximum Gasteiger partial charge on any atom is 0.0467 e. The molecule has 232 valence electrons. The average molecular weight is 626 g/mol. The first-order chi connectivity index (χ1) is 24.3. The van der Waals surface area contributed by atoms with Crippen molar-refractivity contribution in [1.29, 1.82) is 0 Å². The van der Waals surface area contributed by atoms with Crippen LogP contribution in [0.1, 0.15) is 0 Å². The third-order valence-corrected chi connectivity index (χ3v) is 9.09. The standard InChI is InChI=1S/C48H35N/c1-4-14-36(15-5-1)39-26-30-44(31-27-39)49(45-32-28-40(29-33-45)37-16-6-2-7-17-37)46-23-13-22-43(35-46)48-25-11-10-24-47(48)42-21-12-20-41(34-42)38-18-8-3-9-19-38/h1-35H. The van der Waals surface area contributed by atoms with Gasteiger partial charge in [0.25, 0.3) is 0 Å². The fourth-order valence-electron chi connectivity index (χ4n) is 6.61. The Balaban J connectivity index is 1.21. The second kappa shape index (κ2) is 13.7. The lowest BCUT2D eigenvalue weighted by molar-refractivity contribution is 1.28. The third-order valence-electron chi connectivity index (χ3n) is 9.09. The Labute approximate surface area is 289 Å². The molecule has 0 spiro atoms. The molecule has 0 aliphatic heterocycles. The summed E-state index contributed by atoms with van der Waals surface area (Å²) in [5.74, 6) is 0. The molecule has 8 aromatic carbocycles. The second-order valence-corrected chi connectivity index (χ2v) is 12.2. The molecule has 0 saturated carbocycles. The number of anilines is 3. The van der Waals surface area contributed by atoms with Gasteiger partial charge < -0.3 is 4.90 Å². The molecule has 0 atom stereocenters. The monoisotopic (exact) mass is 625 g/mol. The van der Waals surface area contributed by atoms with E-state index >= 15 is 0 Å². The van der Waals surface area contributed by atoms with Gasteiger partial charge >= 0.3 is 0 Å². The van der Waals surface area contributed by atoms with E-state index in [4.69, 9.17) is 0 Å². The Morgan fingerprint density at radius 2 is 0.551 bits per heavy atom. The van der Waals surface area contributed by atoms with Gasteiger partial charge in [-0.1, -0.05) is 170 Å². The molecule has 0 aliphatic rings. The highest BCUT2D eigenvalue weighted by Crippen LogP contribution is 2.40. The number of benzene rings is 8.